The number of carbonyl (C=O) groups is 1. The van der Waals surface area contributed by atoms with Gasteiger partial charge in [-0.3, -0.25) is 4.79 Å². The number of hydrogen-bond acceptors (Lipinski definition) is 1. The van der Waals surface area contributed by atoms with Gasteiger partial charge in [-0.15, -0.1) is 0 Å². The van der Waals surface area contributed by atoms with Crippen molar-refractivity contribution in [2.75, 3.05) is 0 Å². The number of rotatable bonds is 2. The summed E-state index contributed by atoms with van der Waals surface area (Å²) in [5.74, 6) is -2.36. The normalized spacial score (nSPS) is 10.6. The van der Waals surface area contributed by atoms with Crippen molar-refractivity contribution in [3.05, 3.63) is 68.7 Å². The van der Waals surface area contributed by atoms with Crippen LogP contribution in [0.2, 0.25) is 0 Å². The maximum absolute atomic E-state index is 13.8. The summed E-state index contributed by atoms with van der Waals surface area (Å²) in [7, 11) is 0. The van der Waals surface area contributed by atoms with Gasteiger partial charge in [0.1, 0.15) is 11.6 Å². The van der Waals surface area contributed by atoms with E-state index in [1.54, 1.807) is 19.1 Å². The Morgan fingerprint density at radius 2 is 1.68 bits per heavy atom. The molecule has 0 heterocycles. The molecule has 0 amide bonds. The molecule has 2 aromatic rings. The van der Waals surface area contributed by atoms with Crippen molar-refractivity contribution in [1.82, 2.24) is 0 Å². The molecule has 98 valence electrons. The number of benzene rings is 2. The molecule has 0 radical (unpaired) electrons. The summed E-state index contributed by atoms with van der Waals surface area (Å²) in [6.07, 6.45) is 0. The average molecular weight is 325 g/mol. The quantitative estimate of drug-likeness (QED) is 0.739. The molecule has 0 aliphatic heterocycles. The fraction of sp³-hybridized carbons (Fsp3) is 0.133. The zero-order valence-corrected chi connectivity index (χ0v) is 12.0. The third-order valence-corrected chi connectivity index (χ3v) is 3.54. The van der Waals surface area contributed by atoms with E-state index in [4.69, 9.17) is 0 Å². The van der Waals surface area contributed by atoms with Gasteiger partial charge in [-0.25, -0.2) is 8.78 Å². The highest BCUT2D eigenvalue weighted by atomic mass is 79.9. The van der Waals surface area contributed by atoms with Gasteiger partial charge in [-0.1, -0.05) is 34.1 Å². The Morgan fingerprint density at radius 3 is 2.26 bits per heavy atom. The second kappa shape index (κ2) is 5.21. The predicted molar refractivity (Wildman–Crippen MR) is 73.4 cm³/mol. The lowest BCUT2D eigenvalue weighted by Gasteiger charge is -2.09. The van der Waals surface area contributed by atoms with Crippen LogP contribution in [0.1, 0.15) is 27.0 Å². The van der Waals surface area contributed by atoms with Gasteiger partial charge in [0.25, 0.3) is 0 Å². The van der Waals surface area contributed by atoms with Crippen LogP contribution in [-0.4, -0.2) is 5.78 Å². The Balaban J connectivity index is 2.60. The van der Waals surface area contributed by atoms with Gasteiger partial charge in [0.15, 0.2) is 5.78 Å². The Morgan fingerprint density at radius 1 is 1.11 bits per heavy atom. The number of aryl methyl sites for hydroxylation is 1. The highest BCUT2D eigenvalue weighted by molar-refractivity contribution is 9.10. The van der Waals surface area contributed by atoms with Crippen LogP contribution in [0.15, 0.2) is 34.8 Å². The van der Waals surface area contributed by atoms with Crippen molar-refractivity contribution in [3.63, 3.8) is 0 Å². The Kier molecular flexibility index (Phi) is 3.80. The van der Waals surface area contributed by atoms with Crippen molar-refractivity contribution in [3.8, 4) is 0 Å². The van der Waals surface area contributed by atoms with E-state index in [2.05, 4.69) is 15.9 Å². The largest absolute Gasteiger partial charge is 0.288 e. The third-order valence-electron chi connectivity index (χ3n) is 3.08. The standard InChI is InChI=1S/C15H11BrF2O/c1-8-4-3-5-11(9(8)2)15(19)14-12(17)6-10(16)7-13(14)18/h3-7H,1-2H3. The molecule has 4 heteroatoms. The summed E-state index contributed by atoms with van der Waals surface area (Å²) in [6, 6.07) is 7.29. The lowest BCUT2D eigenvalue weighted by Crippen LogP contribution is -2.10. The molecule has 0 saturated heterocycles. The van der Waals surface area contributed by atoms with E-state index in [9.17, 15) is 13.6 Å². The van der Waals surface area contributed by atoms with E-state index in [0.29, 0.717) is 5.56 Å². The minimum absolute atomic E-state index is 0.264. The minimum Gasteiger partial charge on any atom is -0.288 e. The van der Waals surface area contributed by atoms with Gasteiger partial charge < -0.3 is 0 Å². The number of ketones is 1. The second-order valence-electron chi connectivity index (χ2n) is 4.32. The van der Waals surface area contributed by atoms with Crippen LogP contribution in [0.4, 0.5) is 8.78 Å². The third kappa shape index (κ3) is 2.59. The Labute approximate surface area is 118 Å². The first-order valence-corrected chi connectivity index (χ1v) is 6.46. The van der Waals surface area contributed by atoms with Gasteiger partial charge in [-0.2, -0.15) is 0 Å². The molecule has 0 bridgehead atoms. The topological polar surface area (TPSA) is 17.1 Å². The maximum atomic E-state index is 13.8. The van der Waals surface area contributed by atoms with E-state index < -0.39 is 23.0 Å². The number of halogens is 3. The molecule has 2 rings (SSSR count). The molecular weight excluding hydrogens is 314 g/mol. The summed E-state index contributed by atoms with van der Waals surface area (Å²) < 4.78 is 27.8. The van der Waals surface area contributed by atoms with Crippen LogP contribution in [0.5, 0.6) is 0 Å². The molecule has 2 aromatic carbocycles. The van der Waals surface area contributed by atoms with E-state index in [-0.39, 0.29) is 4.47 Å². The fourth-order valence-electron chi connectivity index (χ4n) is 1.89. The molecule has 0 spiro atoms. The van der Waals surface area contributed by atoms with Crippen LogP contribution < -0.4 is 0 Å². The molecule has 19 heavy (non-hydrogen) atoms. The molecule has 0 aliphatic rings. The minimum atomic E-state index is -0.863. The summed E-state index contributed by atoms with van der Waals surface area (Å²) in [5.41, 5.74) is 1.44. The van der Waals surface area contributed by atoms with Crippen LogP contribution in [0.3, 0.4) is 0 Å². The molecule has 0 saturated carbocycles. The molecule has 0 fully saturated rings. The van der Waals surface area contributed by atoms with E-state index in [0.717, 1.165) is 23.3 Å². The highest BCUT2D eigenvalue weighted by Gasteiger charge is 2.21. The van der Waals surface area contributed by atoms with Crippen LogP contribution in [-0.2, 0) is 0 Å². The van der Waals surface area contributed by atoms with Crippen molar-refractivity contribution < 1.29 is 13.6 Å². The van der Waals surface area contributed by atoms with Crippen LogP contribution in [0, 0.1) is 25.5 Å². The summed E-state index contributed by atoms with van der Waals surface area (Å²) in [6.45, 7) is 3.61. The number of carbonyl (C=O) groups excluding carboxylic acids is 1. The molecular formula is C15H11BrF2O. The Bertz CT molecular complexity index is 642. The highest BCUT2D eigenvalue weighted by Crippen LogP contribution is 2.24. The zero-order chi connectivity index (χ0) is 14.2. The lowest BCUT2D eigenvalue weighted by molar-refractivity contribution is 0.103. The van der Waals surface area contributed by atoms with E-state index in [1.165, 1.54) is 0 Å². The van der Waals surface area contributed by atoms with Gasteiger partial charge >= 0.3 is 0 Å². The molecule has 0 aliphatic carbocycles. The molecule has 0 aromatic heterocycles. The van der Waals surface area contributed by atoms with E-state index in [1.807, 2.05) is 13.0 Å². The molecule has 0 unspecified atom stereocenters. The van der Waals surface area contributed by atoms with Crippen molar-refractivity contribution in [1.29, 1.82) is 0 Å². The van der Waals surface area contributed by atoms with Crippen molar-refractivity contribution >= 4 is 21.7 Å². The monoisotopic (exact) mass is 324 g/mol. The summed E-state index contributed by atoms with van der Waals surface area (Å²) in [4.78, 5) is 12.3. The summed E-state index contributed by atoms with van der Waals surface area (Å²) >= 11 is 2.99. The first kappa shape index (κ1) is 13.9. The number of hydrogen-bond donors (Lipinski definition) is 0. The van der Waals surface area contributed by atoms with Crippen molar-refractivity contribution in [2.45, 2.75) is 13.8 Å². The van der Waals surface area contributed by atoms with Gasteiger partial charge in [0.2, 0.25) is 0 Å². The lowest BCUT2D eigenvalue weighted by atomic mass is 9.95. The molecule has 0 atom stereocenters. The van der Waals surface area contributed by atoms with Gasteiger partial charge in [0, 0.05) is 10.0 Å². The maximum Gasteiger partial charge on any atom is 0.199 e. The van der Waals surface area contributed by atoms with E-state index >= 15 is 0 Å². The predicted octanol–water partition coefficient (Wildman–Crippen LogP) is 4.58. The first-order valence-electron chi connectivity index (χ1n) is 5.67. The van der Waals surface area contributed by atoms with Crippen LogP contribution >= 0.6 is 15.9 Å². The van der Waals surface area contributed by atoms with Crippen LogP contribution in [0.25, 0.3) is 0 Å². The van der Waals surface area contributed by atoms with Gasteiger partial charge in [0.05, 0.1) is 5.56 Å². The molecule has 0 N–H and O–H groups in total. The molecule has 1 nitrogen and oxygen atoms in total. The Hall–Kier alpha value is -1.55. The van der Waals surface area contributed by atoms with Gasteiger partial charge in [-0.05, 0) is 37.1 Å². The zero-order valence-electron chi connectivity index (χ0n) is 10.4. The summed E-state index contributed by atoms with van der Waals surface area (Å²) in [5, 5.41) is 0. The SMILES string of the molecule is Cc1cccc(C(=O)c2c(F)cc(Br)cc2F)c1C. The average Bonchev–Trinajstić information content (AvgIpc) is 2.31. The van der Waals surface area contributed by atoms with Crippen molar-refractivity contribution in [2.24, 2.45) is 0 Å². The second-order valence-corrected chi connectivity index (χ2v) is 5.24. The first-order chi connectivity index (χ1) is 8.91. The smallest absolute Gasteiger partial charge is 0.199 e. The fourth-order valence-corrected chi connectivity index (χ4v) is 2.29.